The van der Waals surface area contributed by atoms with E-state index in [0.29, 0.717) is 6.04 Å². The summed E-state index contributed by atoms with van der Waals surface area (Å²) in [7, 11) is 0. The van der Waals surface area contributed by atoms with E-state index < -0.39 is 0 Å². The predicted molar refractivity (Wildman–Crippen MR) is 74.6 cm³/mol. The van der Waals surface area contributed by atoms with E-state index in [9.17, 15) is 0 Å². The molecule has 2 nitrogen and oxygen atoms in total. The first-order valence-electron chi connectivity index (χ1n) is 6.84. The maximum absolute atomic E-state index is 3.71. The molecule has 1 atom stereocenters. The van der Waals surface area contributed by atoms with Crippen molar-refractivity contribution in [1.29, 1.82) is 0 Å². The van der Waals surface area contributed by atoms with Gasteiger partial charge in [-0.3, -0.25) is 0 Å². The van der Waals surface area contributed by atoms with E-state index in [0.717, 1.165) is 0 Å². The standard InChI is InChI=1S/C15H24N2/c1-3-17-11-6-8-14(10-12-17)16-15-9-5-4-7-13(15)2/h4-5,7,9,14,16H,3,6,8,10-12H2,1-2H3. The Balaban J connectivity index is 1.93. The van der Waals surface area contributed by atoms with E-state index in [1.165, 1.54) is 50.1 Å². The van der Waals surface area contributed by atoms with Gasteiger partial charge < -0.3 is 10.2 Å². The fraction of sp³-hybridized carbons (Fsp3) is 0.600. The van der Waals surface area contributed by atoms with Crippen LogP contribution in [-0.4, -0.2) is 30.6 Å². The average Bonchev–Trinajstić information content (AvgIpc) is 2.57. The Morgan fingerprint density at radius 2 is 2.06 bits per heavy atom. The van der Waals surface area contributed by atoms with Crippen molar-refractivity contribution in [1.82, 2.24) is 4.90 Å². The van der Waals surface area contributed by atoms with Crippen LogP contribution in [0, 0.1) is 6.92 Å². The molecule has 1 aromatic carbocycles. The number of aryl methyl sites for hydroxylation is 1. The van der Waals surface area contributed by atoms with Gasteiger partial charge in [0.15, 0.2) is 0 Å². The van der Waals surface area contributed by atoms with Crippen LogP contribution in [0.5, 0.6) is 0 Å². The maximum atomic E-state index is 3.71. The quantitative estimate of drug-likeness (QED) is 0.860. The van der Waals surface area contributed by atoms with Crippen molar-refractivity contribution < 1.29 is 0 Å². The van der Waals surface area contributed by atoms with Crippen molar-refractivity contribution in [2.45, 2.75) is 39.2 Å². The minimum Gasteiger partial charge on any atom is -0.382 e. The molecule has 0 spiro atoms. The Kier molecular flexibility index (Phi) is 4.43. The summed E-state index contributed by atoms with van der Waals surface area (Å²) in [6, 6.07) is 9.24. The van der Waals surface area contributed by atoms with Crippen LogP contribution in [0.15, 0.2) is 24.3 Å². The summed E-state index contributed by atoms with van der Waals surface area (Å²) in [4.78, 5) is 2.56. The number of hydrogen-bond donors (Lipinski definition) is 1. The molecule has 0 bridgehead atoms. The Labute approximate surface area is 105 Å². The number of likely N-dealkylation sites (tertiary alicyclic amines) is 1. The summed E-state index contributed by atoms with van der Waals surface area (Å²) < 4.78 is 0. The van der Waals surface area contributed by atoms with Gasteiger partial charge in [0.2, 0.25) is 0 Å². The zero-order valence-electron chi connectivity index (χ0n) is 11.1. The fourth-order valence-corrected chi connectivity index (χ4v) is 2.57. The van der Waals surface area contributed by atoms with Gasteiger partial charge in [-0.15, -0.1) is 0 Å². The normalized spacial score (nSPS) is 22.1. The van der Waals surface area contributed by atoms with Gasteiger partial charge in [0.25, 0.3) is 0 Å². The molecule has 0 radical (unpaired) electrons. The molecule has 1 heterocycles. The zero-order chi connectivity index (χ0) is 12.1. The minimum atomic E-state index is 0.646. The van der Waals surface area contributed by atoms with Gasteiger partial charge in [-0.2, -0.15) is 0 Å². The van der Waals surface area contributed by atoms with Gasteiger partial charge in [-0.25, -0.2) is 0 Å². The topological polar surface area (TPSA) is 15.3 Å². The van der Waals surface area contributed by atoms with Crippen molar-refractivity contribution >= 4 is 5.69 Å². The Morgan fingerprint density at radius 1 is 1.24 bits per heavy atom. The van der Waals surface area contributed by atoms with Crippen LogP contribution in [0.1, 0.15) is 31.7 Å². The molecule has 1 N–H and O–H groups in total. The zero-order valence-corrected chi connectivity index (χ0v) is 11.1. The number of para-hydroxylation sites is 1. The van der Waals surface area contributed by atoms with Crippen LogP contribution < -0.4 is 5.32 Å². The minimum absolute atomic E-state index is 0.646. The highest BCUT2D eigenvalue weighted by Crippen LogP contribution is 2.19. The van der Waals surface area contributed by atoms with Crippen molar-refractivity contribution in [3.63, 3.8) is 0 Å². The van der Waals surface area contributed by atoms with Gasteiger partial charge in [-0.1, -0.05) is 25.1 Å². The molecule has 94 valence electrons. The second-order valence-corrected chi connectivity index (χ2v) is 5.02. The van der Waals surface area contributed by atoms with Crippen molar-refractivity contribution in [2.75, 3.05) is 25.0 Å². The van der Waals surface area contributed by atoms with E-state index in [-0.39, 0.29) is 0 Å². The number of benzene rings is 1. The summed E-state index contributed by atoms with van der Waals surface area (Å²) in [5.74, 6) is 0. The van der Waals surface area contributed by atoms with Crippen LogP contribution in [0.3, 0.4) is 0 Å². The van der Waals surface area contributed by atoms with Crippen molar-refractivity contribution in [3.05, 3.63) is 29.8 Å². The molecule has 1 aliphatic heterocycles. The third-order valence-corrected chi connectivity index (χ3v) is 3.77. The van der Waals surface area contributed by atoms with Crippen LogP contribution in [0.25, 0.3) is 0 Å². The second kappa shape index (κ2) is 6.06. The molecule has 0 aliphatic carbocycles. The summed E-state index contributed by atoms with van der Waals surface area (Å²) in [6.45, 7) is 8.13. The van der Waals surface area contributed by atoms with E-state index in [4.69, 9.17) is 0 Å². The summed E-state index contributed by atoms with van der Waals surface area (Å²) in [5.41, 5.74) is 2.66. The third-order valence-electron chi connectivity index (χ3n) is 3.77. The lowest BCUT2D eigenvalue weighted by Crippen LogP contribution is -2.26. The van der Waals surface area contributed by atoms with Crippen LogP contribution >= 0.6 is 0 Å². The van der Waals surface area contributed by atoms with Gasteiger partial charge in [0.05, 0.1) is 0 Å². The van der Waals surface area contributed by atoms with Crippen molar-refractivity contribution in [3.8, 4) is 0 Å². The first-order chi connectivity index (χ1) is 8.29. The van der Waals surface area contributed by atoms with Crippen LogP contribution in [-0.2, 0) is 0 Å². The van der Waals surface area contributed by atoms with E-state index in [1.54, 1.807) is 0 Å². The molecular weight excluding hydrogens is 208 g/mol. The summed E-state index contributed by atoms with van der Waals surface area (Å²) >= 11 is 0. The van der Waals surface area contributed by atoms with E-state index in [1.807, 2.05) is 0 Å². The number of nitrogens with zero attached hydrogens (tertiary/aromatic N) is 1. The van der Waals surface area contributed by atoms with Crippen LogP contribution in [0.2, 0.25) is 0 Å². The van der Waals surface area contributed by atoms with Gasteiger partial charge in [0.1, 0.15) is 0 Å². The monoisotopic (exact) mass is 232 g/mol. The molecule has 1 aliphatic rings. The fourth-order valence-electron chi connectivity index (χ4n) is 2.57. The first kappa shape index (κ1) is 12.4. The number of hydrogen-bond acceptors (Lipinski definition) is 2. The Hall–Kier alpha value is -1.02. The van der Waals surface area contributed by atoms with Gasteiger partial charge in [0, 0.05) is 18.3 Å². The molecule has 1 unspecified atom stereocenters. The molecule has 0 aromatic heterocycles. The molecule has 0 saturated carbocycles. The summed E-state index contributed by atoms with van der Waals surface area (Å²) in [5, 5.41) is 3.71. The lowest BCUT2D eigenvalue weighted by Gasteiger charge is -2.20. The summed E-state index contributed by atoms with van der Waals surface area (Å²) in [6.07, 6.45) is 3.88. The molecule has 1 saturated heterocycles. The maximum Gasteiger partial charge on any atom is 0.0372 e. The highest BCUT2D eigenvalue weighted by molar-refractivity contribution is 5.50. The molecule has 17 heavy (non-hydrogen) atoms. The van der Waals surface area contributed by atoms with Gasteiger partial charge >= 0.3 is 0 Å². The number of anilines is 1. The molecule has 2 rings (SSSR count). The molecule has 1 aromatic rings. The molecular formula is C15H24N2. The Morgan fingerprint density at radius 3 is 2.82 bits per heavy atom. The van der Waals surface area contributed by atoms with Gasteiger partial charge in [-0.05, 0) is 50.9 Å². The smallest absolute Gasteiger partial charge is 0.0372 e. The lowest BCUT2D eigenvalue weighted by atomic mass is 10.1. The average molecular weight is 232 g/mol. The highest BCUT2D eigenvalue weighted by atomic mass is 15.1. The third kappa shape index (κ3) is 3.47. The highest BCUT2D eigenvalue weighted by Gasteiger charge is 2.15. The number of rotatable bonds is 3. The second-order valence-electron chi connectivity index (χ2n) is 5.02. The predicted octanol–water partition coefficient (Wildman–Crippen LogP) is 3.28. The number of nitrogens with one attached hydrogen (secondary N) is 1. The molecule has 0 amide bonds. The lowest BCUT2D eigenvalue weighted by molar-refractivity contribution is 0.300. The SMILES string of the molecule is CCN1CCCC(Nc2ccccc2C)CC1. The first-order valence-corrected chi connectivity index (χ1v) is 6.84. The Bertz CT molecular complexity index is 349. The largest absolute Gasteiger partial charge is 0.382 e. The molecule has 2 heteroatoms. The van der Waals surface area contributed by atoms with Crippen molar-refractivity contribution in [2.24, 2.45) is 0 Å². The van der Waals surface area contributed by atoms with E-state index >= 15 is 0 Å². The molecule has 1 fully saturated rings. The van der Waals surface area contributed by atoms with E-state index in [2.05, 4.69) is 48.3 Å². The van der Waals surface area contributed by atoms with Crippen LogP contribution in [0.4, 0.5) is 5.69 Å².